The number of aliphatic hydroxyl groups is 1. The van der Waals surface area contributed by atoms with Gasteiger partial charge in [-0.15, -0.1) is 0 Å². The van der Waals surface area contributed by atoms with Crippen molar-refractivity contribution in [3.05, 3.63) is 33.8 Å². The molecular formula is C14H16Cl2N2O4. The van der Waals surface area contributed by atoms with E-state index in [4.69, 9.17) is 27.9 Å². The van der Waals surface area contributed by atoms with E-state index >= 15 is 0 Å². The van der Waals surface area contributed by atoms with Crippen LogP contribution in [0.15, 0.2) is 18.2 Å². The van der Waals surface area contributed by atoms with E-state index in [1.54, 1.807) is 18.2 Å². The molecule has 120 valence electrons. The van der Waals surface area contributed by atoms with Gasteiger partial charge in [0.1, 0.15) is 6.04 Å². The van der Waals surface area contributed by atoms with Crippen molar-refractivity contribution >= 4 is 35.2 Å². The third-order valence-electron chi connectivity index (χ3n) is 3.37. The zero-order valence-corrected chi connectivity index (χ0v) is 13.4. The fourth-order valence-electron chi connectivity index (χ4n) is 2.10. The molecule has 6 nitrogen and oxygen atoms in total. The van der Waals surface area contributed by atoms with Gasteiger partial charge >= 0.3 is 12.0 Å². The van der Waals surface area contributed by atoms with E-state index in [9.17, 15) is 14.7 Å². The summed E-state index contributed by atoms with van der Waals surface area (Å²) in [6.07, 6.45) is -0.321. The summed E-state index contributed by atoms with van der Waals surface area (Å²) in [5.41, 5.74) is 0.672. The number of hydrogen-bond acceptors (Lipinski definition) is 4. The Bertz CT molecular complexity index is 576. The highest BCUT2D eigenvalue weighted by molar-refractivity contribution is 6.35. The number of urea groups is 1. The molecule has 1 aromatic rings. The van der Waals surface area contributed by atoms with Crippen LogP contribution in [0, 0.1) is 0 Å². The predicted octanol–water partition coefficient (Wildman–Crippen LogP) is 1.46. The molecule has 0 aliphatic carbocycles. The fourth-order valence-corrected chi connectivity index (χ4v) is 2.59. The predicted molar refractivity (Wildman–Crippen MR) is 82.1 cm³/mol. The molecule has 1 saturated heterocycles. The van der Waals surface area contributed by atoms with E-state index in [-0.39, 0.29) is 19.5 Å². The number of hydrogen-bond donors (Lipinski definition) is 2. The Morgan fingerprint density at radius 2 is 2.14 bits per heavy atom. The monoisotopic (exact) mass is 346 g/mol. The minimum atomic E-state index is -0.867. The van der Waals surface area contributed by atoms with Gasteiger partial charge in [0.15, 0.2) is 0 Å². The molecule has 2 N–H and O–H groups in total. The third-order valence-corrected chi connectivity index (χ3v) is 3.96. The molecule has 0 unspecified atom stereocenters. The Morgan fingerprint density at radius 1 is 1.45 bits per heavy atom. The number of amides is 2. The summed E-state index contributed by atoms with van der Waals surface area (Å²) in [6.45, 7) is 0.503. The van der Waals surface area contributed by atoms with Crippen molar-refractivity contribution in [3.63, 3.8) is 0 Å². The maximum Gasteiger partial charge on any atom is 0.328 e. The molecule has 1 atom stereocenters. The van der Waals surface area contributed by atoms with Crippen molar-refractivity contribution < 1.29 is 19.4 Å². The molecule has 1 aliphatic rings. The number of ether oxygens (including phenoxy) is 1. The maximum absolute atomic E-state index is 12.0. The molecule has 22 heavy (non-hydrogen) atoms. The van der Waals surface area contributed by atoms with Crippen LogP contribution in [0.3, 0.4) is 0 Å². The van der Waals surface area contributed by atoms with Crippen molar-refractivity contribution in [1.82, 2.24) is 10.2 Å². The summed E-state index contributed by atoms with van der Waals surface area (Å²) >= 11 is 11.9. The van der Waals surface area contributed by atoms with E-state index in [2.05, 4.69) is 5.32 Å². The Balaban J connectivity index is 2.06. The second kappa shape index (κ2) is 7.17. The van der Waals surface area contributed by atoms with Gasteiger partial charge in [0.05, 0.1) is 26.3 Å². The van der Waals surface area contributed by atoms with Gasteiger partial charge in [0.25, 0.3) is 0 Å². The number of likely N-dealkylation sites (tertiary alicyclic amines) is 1. The highest BCUT2D eigenvalue weighted by Crippen LogP contribution is 2.22. The quantitative estimate of drug-likeness (QED) is 0.809. The Kier molecular flexibility index (Phi) is 5.50. The standard InChI is InChI=1S/C14H16Cl2N2O4/c1-22-13(20)12(17-14(21)18-6-10(19)7-18)4-8-2-3-9(15)5-11(8)16/h2-3,5,10,12,19H,4,6-7H2,1H3,(H,17,21)/t12-/m1/s1. The van der Waals surface area contributed by atoms with Crippen molar-refractivity contribution in [2.45, 2.75) is 18.6 Å². The lowest BCUT2D eigenvalue weighted by atomic mass is 10.1. The molecule has 0 spiro atoms. The third kappa shape index (κ3) is 4.03. The van der Waals surface area contributed by atoms with Crippen LogP contribution in [0.25, 0.3) is 0 Å². The largest absolute Gasteiger partial charge is 0.467 e. The molecule has 8 heteroatoms. The number of methoxy groups -OCH3 is 1. The maximum atomic E-state index is 12.0. The van der Waals surface area contributed by atoms with Gasteiger partial charge in [-0.25, -0.2) is 9.59 Å². The zero-order valence-electron chi connectivity index (χ0n) is 11.9. The number of halogens is 2. The van der Waals surface area contributed by atoms with Crippen LogP contribution >= 0.6 is 23.2 Å². The highest BCUT2D eigenvalue weighted by Gasteiger charge is 2.32. The van der Waals surface area contributed by atoms with E-state index < -0.39 is 24.1 Å². The second-order valence-corrected chi connectivity index (χ2v) is 5.87. The first-order chi connectivity index (χ1) is 10.4. The van der Waals surface area contributed by atoms with Gasteiger partial charge in [-0.3, -0.25) is 0 Å². The minimum Gasteiger partial charge on any atom is -0.467 e. The normalized spacial score (nSPS) is 15.9. The summed E-state index contributed by atoms with van der Waals surface area (Å²) in [7, 11) is 1.25. The Hall–Kier alpha value is -1.50. The van der Waals surface area contributed by atoms with Crippen molar-refractivity contribution in [3.8, 4) is 0 Å². The van der Waals surface area contributed by atoms with Gasteiger partial charge in [-0.1, -0.05) is 29.3 Å². The lowest BCUT2D eigenvalue weighted by Gasteiger charge is -2.36. The fraction of sp³-hybridized carbons (Fsp3) is 0.429. The van der Waals surface area contributed by atoms with Gasteiger partial charge < -0.3 is 20.1 Å². The van der Waals surface area contributed by atoms with Crippen LogP contribution in [0.2, 0.25) is 10.0 Å². The van der Waals surface area contributed by atoms with E-state index in [0.717, 1.165) is 0 Å². The number of nitrogens with one attached hydrogen (secondary N) is 1. The molecule has 0 saturated carbocycles. The van der Waals surface area contributed by atoms with Crippen molar-refractivity contribution in [2.24, 2.45) is 0 Å². The van der Waals surface area contributed by atoms with Gasteiger partial charge in [0.2, 0.25) is 0 Å². The molecule has 0 bridgehead atoms. The van der Waals surface area contributed by atoms with Gasteiger partial charge in [-0.2, -0.15) is 0 Å². The molecule has 2 rings (SSSR count). The Labute approximate surface area is 137 Å². The zero-order chi connectivity index (χ0) is 16.3. The molecule has 1 aromatic carbocycles. The van der Waals surface area contributed by atoms with Gasteiger partial charge in [0, 0.05) is 16.5 Å². The van der Waals surface area contributed by atoms with Crippen molar-refractivity contribution in [2.75, 3.05) is 20.2 Å². The number of nitrogens with zero attached hydrogens (tertiary/aromatic N) is 1. The molecule has 1 heterocycles. The van der Waals surface area contributed by atoms with E-state index in [1.165, 1.54) is 12.0 Å². The smallest absolute Gasteiger partial charge is 0.328 e. The topological polar surface area (TPSA) is 78.9 Å². The van der Waals surface area contributed by atoms with Gasteiger partial charge in [-0.05, 0) is 17.7 Å². The number of carbonyl (C=O) groups excluding carboxylic acids is 2. The van der Waals surface area contributed by atoms with Crippen molar-refractivity contribution in [1.29, 1.82) is 0 Å². The molecule has 1 aliphatic heterocycles. The molecule has 0 aromatic heterocycles. The average Bonchev–Trinajstić information content (AvgIpc) is 2.44. The number of esters is 1. The molecule has 1 fully saturated rings. The molecule has 2 amide bonds. The SMILES string of the molecule is COC(=O)[C@@H](Cc1ccc(Cl)cc1Cl)NC(=O)N1CC(O)C1. The lowest BCUT2D eigenvalue weighted by molar-refractivity contribution is -0.142. The number of rotatable bonds is 4. The summed E-state index contributed by atoms with van der Waals surface area (Å²) in [5, 5.41) is 12.7. The second-order valence-electron chi connectivity index (χ2n) is 5.02. The van der Waals surface area contributed by atoms with E-state index in [1.807, 2.05) is 0 Å². The number of β-amino-alcohol motifs (C(OH)–C–C–N with tert-alkyl or cyclic N) is 1. The van der Waals surface area contributed by atoms with Crippen LogP contribution in [0.4, 0.5) is 4.79 Å². The minimum absolute atomic E-state index is 0.185. The first kappa shape index (κ1) is 16.9. The average molecular weight is 347 g/mol. The van der Waals surface area contributed by atoms with Crippen LogP contribution in [0.5, 0.6) is 0 Å². The number of aliphatic hydroxyl groups excluding tert-OH is 1. The number of benzene rings is 1. The summed E-state index contributed by atoms with van der Waals surface area (Å²) < 4.78 is 4.71. The van der Waals surface area contributed by atoms with Crippen LogP contribution in [-0.4, -0.2) is 54.4 Å². The summed E-state index contributed by atoms with van der Waals surface area (Å²) in [6, 6.07) is 3.63. The Morgan fingerprint density at radius 3 is 2.68 bits per heavy atom. The molecular weight excluding hydrogens is 331 g/mol. The van der Waals surface area contributed by atoms with E-state index in [0.29, 0.717) is 15.6 Å². The van der Waals surface area contributed by atoms with Crippen LogP contribution in [-0.2, 0) is 16.0 Å². The van der Waals surface area contributed by atoms with Crippen LogP contribution in [0.1, 0.15) is 5.56 Å². The summed E-state index contributed by atoms with van der Waals surface area (Å²) in [4.78, 5) is 25.2. The number of carbonyl (C=O) groups is 2. The first-order valence-electron chi connectivity index (χ1n) is 6.66. The summed E-state index contributed by atoms with van der Waals surface area (Å²) in [5.74, 6) is -0.569. The lowest BCUT2D eigenvalue weighted by Crippen LogP contribution is -2.59. The first-order valence-corrected chi connectivity index (χ1v) is 7.41. The highest BCUT2D eigenvalue weighted by atomic mass is 35.5. The molecule has 0 radical (unpaired) electrons. The van der Waals surface area contributed by atoms with Crippen LogP contribution < -0.4 is 5.32 Å².